The number of fused-ring (bicyclic) bond motifs is 3. The van der Waals surface area contributed by atoms with Crippen LogP contribution < -0.4 is 10.6 Å². The molecule has 0 saturated carbocycles. The zero-order valence-corrected chi connectivity index (χ0v) is 25.1. The fourth-order valence-corrected chi connectivity index (χ4v) is 5.09. The minimum atomic E-state index is -1.21. The SMILES string of the molecule is Cn1cncc1C[C@H](NC(=O)OCC1c2ccccc2-c2ccccc21)C(=O)N[C@@H](CCC(=O)C=[N+]=[N-])C(=O)OC(C)(C)C. The number of nitrogens with one attached hydrogen (secondary N) is 2. The number of ether oxygens (including phenoxy) is 2. The maximum Gasteiger partial charge on any atom is 0.407 e. The van der Waals surface area contributed by atoms with Crippen molar-refractivity contribution in [1.82, 2.24) is 20.2 Å². The molecule has 3 aromatic rings. The van der Waals surface area contributed by atoms with Crippen LogP contribution in [0.15, 0.2) is 61.1 Å². The smallest absolute Gasteiger partial charge is 0.407 e. The van der Waals surface area contributed by atoms with Crippen molar-refractivity contribution in [2.24, 2.45) is 7.05 Å². The molecular weight excluding hydrogens is 564 g/mol. The van der Waals surface area contributed by atoms with E-state index >= 15 is 0 Å². The van der Waals surface area contributed by atoms with Crippen molar-refractivity contribution in [1.29, 1.82) is 0 Å². The van der Waals surface area contributed by atoms with Gasteiger partial charge in [-0.2, -0.15) is 4.79 Å². The molecule has 1 aliphatic rings. The lowest BCUT2D eigenvalue weighted by molar-refractivity contribution is -0.159. The Morgan fingerprint density at radius 3 is 2.23 bits per heavy atom. The molecule has 0 radical (unpaired) electrons. The third-order valence-corrected chi connectivity index (χ3v) is 7.17. The van der Waals surface area contributed by atoms with Crippen LogP contribution in [0.4, 0.5) is 4.79 Å². The molecule has 12 nitrogen and oxygen atoms in total. The number of alkyl carbamates (subject to hydrolysis) is 1. The molecule has 44 heavy (non-hydrogen) atoms. The van der Waals surface area contributed by atoms with E-state index in [2.05, 4.69) is 20.4 Å². The average molecular weight is 601 g/mol. The highest BCUT2D eigenvalue weighted by Crippen LogP contribution is 2.44. The number of hydrogen-bond donors (Lipinski definition) is 2. The van der Waals surface area contributed by atoms with Crippen LogP contribution in [0, 0.1) is 0 Å². The van der Waals surface area contributed by atoms with E-state index in [1.54, 1.807) is 44.9 Å². The Morgan fingerprint density at radius 2 is 1.66 bits per heavy atom. The second kappa shape index (κ2) is 13.9. The standard InChI is InChI=1S/C32H36N6O6/c1-32(2,3)44-30(41)27(14-13-21(39)17-35-33)36-29(40)28(15-20-16-34-19-38(20)4)37-31(42)43-18-26-24-11-7-5-9-22(24)23-10-6-8-12-25(23)26/h5-12,16-17,19,26-28H,13-15,18H2,1-4H3,(H,36,40)(H,37,42)/t27-,28-/m0/s1. The molecule has 12 heteroatoms. The molecule has 2 amide bonds. The maximum atomic E-state index is 13.6. The van der Waals surface area contributed by atoms with E-state index in [4.69, 9.17) is 15.0 Å². The number of Topliss-reactive ketones (excluding diaryl/α,β-unsaturated/α-hetero) is 1. The van der Waals surface area contributed by atoms with E-state index in [1.807, 2.05) is 48.5 Å². The Kier molecular flexibility index (Phi) is 10.1. The summed E-state index contributed by atoms with van der Waals surface area (Å²) in [5.41, 5.74) is 12.7. The highest BCUT2D eigenvalue weighted by molar-refractivity contribution is 6.25. The minimum Gasteiger partial charge on any atom is -0.458 e. The first-order chi connectivity index (χ1) is 21.0. The normalized spacial score (nSPS) is 13.5. The molecule has 0 unspecified atom stereocenters. The summed E-state index contributed by atoms with van der Waals surface area (Å²) in [6.45, 7) is 5.08. The van der Waals surface area contributed by atoms with Crippen LogP contribution >= 0.6 is 0 Å². The Labute approximate surface area is 255 Å². The van der Waals surface area contributed by atoms with Crippen LogP contribution in [0.5, 0.6) is 0 Å². The molecular formula is C32H36N6O6. The van der Waals surface area contributed by atoms with Crippen LogP contribution in [0.1, 0.15) is 56.4 Å². The summed E-state index contributed by atoms with van der Waals surface area (Å²) in [5.74, 6) is -2.15. The van der Waals surface area contributed by atoms with Crippen molar-refractivity contribution < 1.29 is 33.4 Å². The van der Waals surface area contributed by atoms with Gasteiger partial charge in [-0.25, -0.2) is 14.6 Å². The van der Waals surface area contributed by atoms with Crippen LogP contribution in [0.2, 0.25) is 0 Å². The predicted octanol–water partition coefficient (Wildman–Crippen LogP) is 3.35. The number of aromatic nitrogens is 2. The first-order valence-corrected chi connectivity index (χ1v) is 14.3. The number of rotatable bonds is 12. The van der Waals surface area contributed by atoms with Gasteiger partial charge in [-0.15, -0.1) is 0 Å². The van der Waals surface area contributed by atoms with Gasteiger partial charge in [0, 0.05) is 37.7 Å². The van der Waals surface area contributed by atoms with Gasteiger partial charge in [0.05, 0.1) is 6.33 Å². The van der Waals surface area contributed by atoms with E-state index in [-0.39, 0.29) is 31.8 Å². The highest BCUT2D eigenvalue weighted by Gasteiger charge is 2.33. The van der Waals surface area contributed by atoms with E-state index in [9.17, 15) is 19.2 Å². The molecule has 0 aliphatic heterocycles. The number of amides is 2. The number of benzene rings is 2. The predicted molar refractivity (Wildman–Crippen MR) is 161 cm³/mol. The first-order valence-electron chi connectivity index (χ1n) is 14.3. The summed E-state index contributed by atoms with van der Waals surface area (Å²) in [7, 11) is 1.75. The number of carbonyl (C=O) groups is 4. The van der Waals surface area contributed by atoms with Crippen molar-refractivity contribution >= 4 is 30.0 Å². The van der Waals surface area contributed by atoms with Gasteiger partial charge < -0.3 is 30.2 Å². The topological polar surface area (TPSA) is 165 Å². The average Bonchev–Trinajstić information content (AvgIpc) is 3.53. The largest absolute Gasteiger partial charge is 0.458 e. The summed E-state index contributed by atoms with van der Waals surface area (Å²) >= 11 is 0. The lowest BCUT2D eigenvalue weighted by atomic mass is 9.98. The summed E-state index contributed by atoms with van der Waals surface area (Å²) in [4.78, 5) is 58.4. The van der Waals surface area contributed by atoms with Gasteiger partial charge in [0.2, 0.25) is 11.7 Å². The zero-order valence-electron chi connectivity index (χ0n) is 25.1. The summed E-state index contributed by atoms with van der Waals surface area (Å²) in [5, 5.41) is 5.27. The Hall–Kier alpha value is -5.09. The molecule has 0 bridgehead atoms. The van der Waals surface area contributed by atoms with Crippen molar-refractivity contribution in [3.63, 3.8) is 0 Å². The van der Waals surface area contributed by atoms with Crippen LogP contribution in [0.3, 0.4) is 0 Å². The molecule has 2 atom stereocenters. The lowest BCUT2D eigenvalue weighted by Gasteiger charge is -2.26. The molecule has 1 aromatic heterocycles. The molecule has 1 heterocycles. The molecule has 2 N–H and O–H groups in total. The number of ketones is 1. The first kappa shape index (κ1) is 31.8. The van der Waals surface area contributed by atoms with E-state index in [0.29, 0.717) is 5.69 Å². The number of hydrogen-bond acceptors (Lipinski definition) is 7. The van der Waals surface area contributed by atoms with Crippen LogP contribution in [-0.4, -0.2) is 68.6 Å². The summed E-state index contributed by atoms with van der Waals surface area (Å²) in [6.07, 6.45) is 2.78. The number of imidazole rings is 1. The maximum absolute atomic E-state index is 13.6. The molecule has 230 valence electrons. The van der Waals surface area contributed by atoms with Gasteiger partial charge in [0.15, 0.2) is 0 Å². The quantitative estimate of drug-likeness (QED) is 0.139. The fourth-order valence-electron chi connectivity index (χ4n) is 5.09. The number of esters is 1. The number of aryl methyl sites for hydroxylation is 1. The Morgan fingerprint density at radius 1 is 1.02 bits per heavy atom. The minimum absolute atomic E-state index is 0.0453. The van der Waals surface area contributed by atoms with E-state index in [0.717, 1.165) is 28.5 Å². The van der Waals surface area contributed by atoms with Crippen molar-refractivity contribution in [3.05, 3.63) is 83.4 Å². The molecule has 1 aliphatic carbocycles. The summed E-state index contributed by atoms with van der Waals surface area (Å²) in [6, 6.07) is 13.5. The third kappa shape index (κ3) is 8.05. The second-order valence-electron chi connectivity index (χ2n) is 11.6. The Balaban J connectivity index is 1.49. The fraction of sp³-hybridized carbons (Fsp3) is 0.375. The second-order valence-corrected chi connectivity index (χ2v) is 11.6. The molecule has 0 saturated heterocycles. The van der Waals surface area contributed by atoms with Gasteiger partial charge >= 0.3 is 18.3 Å². The zero-order chi connectivity index (χ0) is 31.9. The molecule has 0 spiro atoms. The highest BCUT2D eigenvalue weighted by atomic mass is 16.6. The van der Waals surface area contributed by atoms with Gasteiger partial charge in [0.25, 0.3) is 0 Å². The van der Waals surface area contributed by atoms with Crippen molar-refractivity contribution in [2.75, 3.05) is 6.61 Å². The third-order valence-electron chi connectivity index (χ3n) is 7.17. The van der Waals surface area contributed by atoms with E-state index < -0.39 is 41.4 Å². The molecule has 2 aromatic carbocycles. The monoisotopic (exact) mass is 600 g/mol. The van der Waals surface area contributed by atoms with Gasteiger partial charge in [-0.3, -0.25) is 9.59 Å². The lowest BCUT2D eigenvalue weighted by Crippen LogP contribution is -2.53. The molecule has 0 fully saturated rings. The number of carbonyl (C=O) groups excluding carboxylic acids is 4. The van der Waals surface area contributed by atoms with Gasteiger partial charge in [-0.05, 0) is 49.4 Å². The van der Waals surface area contributed by atoms with E-state index in [1.165, 1.54) is 0 Å². The van der Waals surface area contributed by atoms with Crippen LogP contribution in [0.25, 0.3) is 16.7 Å². The van der Waals surface area contributed by atoms with Gasteiger partial charge in [-0.1, -0.05) is 48.5 Å². The molecule has 4 rings (SSSR count). The van der Waals surface area contributed by atoms with Gasteiger partial charge in [0.1, 0.15) is 24.3 Å². The van der Waals surface area contributed by atoms with Crippen LogP contribution in [-0.2, 0) is 37.3 Å². The van der Waals surface area contributed by atoms with Crippen molar-refractivity contribution in [2.45, 2.75) is 63.6 Å². The summed E-state index contributed by atoms with van der Waals surface area (Å²) < 4.78 is 12.8. The number of nitrogens with zero attached hydrogens (tertiary/aromatic N) is 4. The Bertz CT molecular complexity index is 1540. The van der Waals surface area contributed by atoms with Crippen molar-refractivity contribution in [3.8, 4) is 11.1 Å².